The van der Waals surface area contributed by atoms with Crippen molar-refractivity contribution < 1.29 is 14.6 Å². The molecule has 0 saturated carbocycles. The SMILES string of the molecule is CCOC(=O)c1ccc(Nc2nccc(-c3cc(C#N)c4c(c3)C(C)(CO)CN4)n2)cn1. The van der Waals surface area contributed by atoms with Crippen LogP contribution in [0.4, 0.5) is 17.3 Å². The Hall–Kier alpha value is -4.03. The van der Waals surface area contributed by atoms with Crippen LogP contribution in [0.1, 0.15) is 35.5 Å². The number of esters is 1. The molecule has 1 aliphatic rings. The topological polar surface area (TPSA) is 133 Å². The van der Waals surface area contributed by atoms with Crippen LogP contribution in [-0.2, 0) is 10.2 Å². The number of anilines is 3. The molecular weight excluding hydrogens is 408 g/mol. The maximum atomic E-state index is 11.7. The normalized spacial score (nSPS) is 16.6. The largest absolute Gasteiger partial charge is 0.461 e. The van der Waals surface area contributed by atoms with Crippen molar-refractivity contribution in [1.29, 1.82) is 5.26 Å². The number of hydrogen-bond donors (Lipinski definition) is 3. The number of nitrogens with zero attached hydrogens (tertiary/aromatic N) is 4. The van der Waals surface area contributed by atoms with Crippen molar-refractivity contribution in [2.24, 2.45) is 0 Å². The first-order chi connectivity index (χ1) is 15.5. The maximum absolute atomic E-state index is 11.7. The van der Waals surface area contributed by atoms with Gasteiger partial charge in [0.05, 0.1) is 42.0 Å². The predicted octanol–water partition coefficient (Wildman–Crippen LogP) is 3.01. The fraction of sp³-hybridized carbons (Fsp3) is 0.261. The van der Waals surface area contributed by atoms with E-state index in [4.69, 9.17) is 4.74 Å². The van der Waals surface area contributed by atoms with E-state index < -0.39 is 11.4 Å². The molecule has 32 heavy (non-hydrogen) atoms. The van der Waals surface area contributed by atoms with Crippen LogP contribution in [0, 0.1) is 11.3 Å². The zero-order valence-electron chi connectivity index (χ0n) is 17.7. The fourth-order valence-corrected chi connectivity index (χ4v) is 3.57. The number of nitrogens with one attached hydrogen (secondary N) is 2. The molecule has 3 N–H and O–H groups in total. The Morgan fingerprint density at radius 3 is 2.88 bits per heavy atom. The number of carbonyl (C=O) groups is 1. The second kappa shape index (κ2) is 8.61. The van der Waals surface area contributed by atoms with Crippen molar-refractivity contribution >= 4 is 23.3 Å². The van der Waals surface area contributed by atoms with Crippen molar-refractivity contribution in [2.75, 3.05) is 30.4 Å². The molecule has 0 bridgehead atoms. The van der Waals surface area contributed by atoms with Gasteiger partial charge in [-0.05, 0) is 42.8 Å². The van der Waals surface area contributed by atoms with Gasteiger partial charge in [-0.3, -0.25) is 0 Å². The van der Waals surface area contributed by atoms with Gasteiger partial charge < -0.3 is 20.5 Å². The van der Waals surface area contributed by atoms with Gasteiger partial charge in [0.15, 0.2) is 0 Å². The highest BCUT2D eigenvalue weighted by atomic mass is 16.5. The Bertz CT molecular complexity index is 1210. The van der Waals surface area contributed by atoms with Crippen LogP contribution in [0.3, 0.4) is 0 Å². The predicted molar refractivity (Wildman–Crippen MR) is 119 cm³/mol. The second-order valence-electron chi connectivity index (χ2n) is 7.67. The van der Waals surface area contributed by atoms with Crippen LogP contribution >= 0.6 is 0 Å². The van der Waals surface area contributed by atoms with Gasteiger partial charge in [0.25, 0.3) is 0 Å². The van der Waals surface area contributed by atoms with Crippen molar-refractivity contribution in [3.8, 4) is 17.3 Å². The molecule has 1 unspecified atom stereocenters. The van der Waals surface area contributed by atoms with Crippen LogP contribution in [0.5, 0.6) is 0 Å². The van der Waals surface area contributed by atoms with E-state index in [2.05, 4.69) is 31.7 Å². The Labute approximate surface area is 185 Å². The van der Waals surface area contributed by atoms with Gasteiger partial charge in [0.1, 0.15) is 11.8 Å². The fourth-order valence-electron chi connectivity index (χ4n) is 3.57. The molecule has 9 nitrogen and oxygen atoms in total. The monoisotopic (exact) mass is 430 g/mol. The summed E-state index contributed by atoms with van der Waals surface area (Å²) >= 11 is 0. The minimum absolute atomic E-state index is 0.0350. The molecule has 0 aliphatic carbocycles. The van der Waals surface area contributed by atoms with E-state index in [0.717, 1.165) is 16.8 Å². The lowest BCUT2D eigenvalue weighted by Crippen LogP contribution is -2.28. The standard InChI is InChI=1S/C23H22N6O3/c1-3-32-21(31)19-5-4-16(11-26-19)28-22-25-7-6-18(29-22)14-8-15(10-24)20-17(9-14)23(2,13-30)12-27-20/h4-9,11,27,30H,3,12-13H2,1-2H3,(H,25,28,29). The molecule has 0 saturated heterocycles. The highest BCUT2D eigenvalue weighted by Gasteiger charge is 2.35. The van der Waals surface area contributed by atoms with Crippen LogP contribution in [0.15, 0.2) is 42.7 Å². The molecule has 4 rings (SSSR count). The molecule has 2 aromatic heterocycles. The third-order valence-corrected chi connectivity index (χ3v) is 5.37. The van der Waals surface area contributed by atoms with E-state index >= 15 is 0 Å². The number of pyridine rings is 1. The molecule has 1 aromatic carbocycles. The summed E-state index contributed by atoms with van der Waals surface area (Å²) in [6, 6.07) is 11.0. The lowest BCUT2D eigenvalue weighted by Gasteiger charge is -2.21. The van der Waals surface area contributed by atoms with Gasteiger partial charge in [-0.1, -0.05) is 6.92 Å². The highest BCUT2D eigenvalue weighted by Crippen LogP contribution is 2.41. The van der Waals surface area contributed by atoms with Crippen LogP contribution in [0.25, 0.3) is 11.3 Å². The third kappa shape index (κ3) is 3.96. The van der Waals surface area contributed by atoms with Crippen molar-refractivity contribution in [3.63, 3.8) is 0 Å². The van der Waals surface area contributed by atoms with E-state index in [9.17, 15) is 15.2 Å². The first-order valence-corrected chi connectivity index (χ1v) is 10.1. The minimum atomic E-state index is -0.480. The van der Waals surface area contributed by atoms with Crippen LogP contribution in [-0.4, -0.2) is 45.8 Å². The van der Waals surface area contributed by atoms with E-state index in [0.29, 0.717) is 29.4 Å². The molecule has 9 heteroatoms. The van der Waals surface area contributed by atoms with Crippen molar-refractivity contribution in [2.45, 2.75) is 19.3 Å². The number of aliphatic hydroxyl groups is 1. The molecule has 162 valence electrons. The van der Waals surface area contributed by atoms with Gasteiger partial charge >= 0.3 is 5.97 Å². The first-order valence-electron chi connectivity index (χ1n) is 10.1. The number of rotatable bonds is 6. The number of aliphatic hydroxyl groups excluding tert-OH is 1. The average Bonchev–Trinajstić information content (AvgIpc) is 3.16. The van der Waals surface area contributed by atoms with Gasteiger partial charge in [0.2, 0.25) is 5.95 Å². The van der Waals surface area contributed by atoms with E-state index in [1.165, 1.54) is 6.20 Å². The maximum Gasteiger partial charge on any atom is 0.356 e. The molecule has 1 aliphatic heterocycles. The third-order valence-electron chi connectivity index (χ3n) is 5.37. The number of aromatic nitrogens is 3. The number of fused-ring (bicyclic) bond motifs is 1. The lowest BCUT2D eigenvalue weighted by atomic mass is 9.83. The molecule has 0 radical (unpaired) electrons. The van der Waals surface area contributed by atoms with E-state index in [1.54, 1.807) is 37.4 Å². The lowest BCUT2D eigenvalue weighted by molar-refractivity contribution is 0.0519. The number of ether oxygens (including phenoxy) is 1. The Kier molecular flexibility index (Phi) is 5.71. The van der Waals surface area contributed by atoms with Crippen LogP contribution in [0.2, 0.25) is 0 Å². The summed E-state index contributed by atoms with van der Waals surface area (Å²) in [5, 5.41) is 25.8. The summed E-state index contributed by atoms with van der Waals surface area (Å²) in [6.45, 7) is 4.50. The van der Waals surface area contributed by atoms with E-state index in [1.807, 2.05) is 13.0 Å². The molecule has 0 spiro atoms. The molecule has 3 heterocycles. The summed E-state index contributed by atoms with van der Waals surface area (Å²) < 4.78 is 4.93. The van der Waals surface area contributed by atoms with E-state index in [-0.39, 0.29) is 18.9 Å². The van der Waals surface area contributed by atoms with Gasteiger partial charge in [-0.25, -0.2) is 19.7 Å². The smallest absolute Gasteiger partial charge is 0.356 e. The zero-order valence-corrected chi connectivity index (χ0v) is 17.7. The zero-order chi connectivity index (χ0) is 22.7. The molecular formula is C23H22N6O3. The first kappa shape index (κ1) is 21.2. The van der Waals surface area contributed by atoms with Gasteiger partial charge in [-0.2, -0.15) is 5.26 Å². The Morgan fingerprint density at radius 1 is 1.34 bits per heavy atom. The summed E-state index contributed by atoms with van der Waals surface area (Å²) in [6.07, 6.45) is 3.12. The number of nitriles is 1. The van der Waals surface area contributed by atoms with Crippen molar-refractivity contribution in [3.05, 3.63) is 59.5 Å². The number of carbonyl (C=O) groups excluding carboxylic acids is 1. The average molecular weight is 430 g/mol. The van der Waals surface area contributed by atoms with Crippen molar-refractivity contribution in [1.82, 2.24) is 15.0 Å². The summed E-state index contributed by atoms with van der Waals surface area (Å²) in [7, 11) is 0. The number of hydrogen-bond acceptors (Lipinski definition) is 9. The van der Waals surface area contributed by atoms with Crippen LogP contribution < -0.4 is 10.6 Å². The molecule has 0 fully saturated rings. The number of benzene rings is 1. The summed E-state index contributed by atoms with van der Waals surface area (Å²) in [5.41, 5.74) is 3.89. The minimum Gasteiger partial charge on any atom is -0.461 e. The summed E-state index contributed by atoms with van der Waals surface area (Å²) in [4.78, 5) is 24.7. The molecule has 0 amide bonds. The Balaban J connectivity index is 1.62. The molecule has 3 aromatic rings. The summed E-state index contributed by atoms with van der Waals surface area (Å²) in [5.74, 6) is -0.137. The highest BCUT2D eigenvalue weighted by molar-refractivity contribution is 5.87. The van der Waals surface area contributed by atoms with Gasteiger partial charge in [0, 0.05) is 23.7 Å². The second-order valence-corrected chi connectivity index (χ2v) is 7.67. The van der Waals surface area contributed by atoms with Gasteiger partial charge in [-0.15, -0.1) is 0 Å². The quantitative estimate of drug-likeness (QED) is 0.505. The molecule has 1 atom stereocenters. The Morgan fingerprint density at radius 2 is 2.19 bits per heavy atom.